The van der Waals surface area contributed by atoms with E-state index >= 15 is 0 Å². The van der Waals surface area contributed by atoms with E-state index < -0.39 is 0 Å². The normalized spacial score (nSPS) is 12.2. The van der Waals surface area contributed by atoms with Crippen molar-refractivity contribution in [2.75, 3.05) is 7.11 Å². The van der Waals surface area contributed by atoms with Crippen LogP contribution in [-0.4, -0.2) is 7.11 Å². The van der Waals surface area contributed by atoms with Gasteiger partial charge in [-0.25, -0.2) is 0 Å². The van der Waals surface area contributed by atoms with Gasteiger partial charge in [0.05, 0.1) is 7.11 Å². The first-order valence-corrected chi connectivity index (χ1v) is 5.65. The highest BCUT2D eigenvalue weighted by Crippen LogP contribution is 2.28. The van der Waals surface area contributed by atoms with Gasteiger partial charge in [0.1, 0.15) is 5.75 Å². The van der Waals surface area contributed by atoms with Crippen molar-refractivity contribution in [2.24, 2.45) is 5.73 Å². The van der Waals surface area contributed by atoms with Gasteiger partial charge in [-0.15, -0.1) is 0 Å². The number of benzene rings is 1. The fourth-order valence-electron chi connectivity index (χ4n) is 1.71. The molecule has 0 saturated heterocycles. The van der Waals surface area contributed by atoms with Gasteiger partial charge >= 0.3 is 0 Å². The second-order valence-electron chi connectivity index (χ2n) is 4.16. The lowest BCUT2D eigenvalue weighted by Gasteiger charge is -2.17. The molecule has 0 saturated carbocycles. The number of hydrogen-bond acceptors (Lipinski definition) is 2. The van der Waals surface area contributed by atoms with Gasteiger partial charge in [0.25, 0.3) is 0 Å². The van der Waals surface area contributed by atoms with Crippen molar-refractivity contribution in [3.05, 3.63) is 41.5 Å². The molecule has 2 N–H and O–H groups in total. The molecule has 0 aliphatic carbocycles. The van der Waals surface area contributed by atoms with Crippen LogP contribution in [0.25, 0.3) is 0 Å². The zero-order valence-corrected chi connectivity index (χ0v) is 10.4. The van der Waals surface area contributed by atoms with Gasteiger partial charge in [0, 0.05) is 11.6 Å². The Morgan fingerprint density at radius 2 is 2.19 bits per heavy atom. The maximum Gasteiger partial charge on any atom is 0.123 e. The molecule has 0 heterocycles. The molecule has 1 unspecified atom stereocenters. The first-order chi connectivity index (χ1) is 7.58. The number of methoxy groups -OCH3 is 1. The molecule has 0 aromatic heterocycles. The molecule has 0 spiro atoms. The van der Waals surface area contributed by atoms with Crippen molar-refractivity contribution in [3.8, 4) is 5.75 Å². The second-order valence-corrected chi connectivity index (χ2v) is 4.16. The molecular formula is C14H21NO. The third-order valence-corrected chi connectivity index (χ3v) is 2.79. The Morgan fingerprint density at radius 3 is 2.75 bits per heavy atom. The van der Waals surface area contributed by atoms with Crippen LogP contribution in [0.3, 0.4) is 0 Å². The number of aryl methyl sites for hydroxylation is 1. The van der Waals surface area contributed by atoms with Crippen LogP contribution in [0.1, 0.15) is 36.9 Å². The first-order valence-electron chi connectivity index (χ1n) is 5.65. The SMILES string of the molecule is C=C(CC)CC(N)c1cc(C)ccc1OC. The monoisotopic (exact) mass is 219 g/mol. The van der Waals surface area contributed by atoms with E-state index in [0.29, 0.717) is 0 Å². The van der Waals surface area contributed by atoms with Gasteiger partial charge in [-0.1, -0.05) is 36.8 Å². The minimum Gasteiger partial charge on any atom is -0.496 e. The van der Waals surface area contributed by atoms with Gasteiger partial charge < -0.3 is 10.5 Å². The Labute approximate surface area is 98.1 Å². The van der Waals surface area contributed by atoms with Gasteiger partial charge in [-0.2, -0.15) is 0 Å². The van der Waals surface area contributed by atoms with Crippen LogP contribution in [0.2, 0.25) is 0 Å². The van der Waals surface area contributed by atoms with Crippen LogP contribution < -0.4 is 10.5 Å². The third kappa shape index (κ3) is 3.11. The minimum absolute atomic E-state index is 0.0256. The molecule has 1 aromatic rings. The summed E-state index contributed by atoms with van der Waals surface area (Å²) < 4.78 is 5.33. The highest BCUT2D eigenvalue weighted by Gasteiger charge is 2.12. The molecule has 0 amide bonds. The highest BCUT2D eigenvalue weighted by molar-refractivity contribution is 5.39. The van der Waals surface area contributed by atoms with Crippen molar-refractivity contribution in [1.82, 2.24) is 0 Å². The van der Waals surface area contributed by atoms with Crippen LogP contribution in [0, 0.1) is 6.92 Å². The van der Waals surface area contributed by atoms with Crippen molar-refractivity contribution >= 4 is 0 Å². The topological polar surface area (TPSA) is 35.2 Å². The van der Waals surface area contributed by atoms with Crippen molar-refractivity contribution < 1.29 is 4.74 Å². The van der Waals surface area contributed by atoms with E-state index in [0.717, 1.165) is 24.2 Å². The Bertz CT molecular complexity index is 371. The second kappa shape index (κ2) is 5.71. The summed E-state index contributed by atoms with van der Waals surface area (Å²) in [6, 6.07) is 6.07. The predicted molar refractivity (Wildman–Crippen MR) is 68.7 cm³/mol. The predicted octanol–water partition coefficient (Wildman–Crippen LogP) is 3.36. The molecule has 1 rings (SSSR count). The van der Waals surface area contributed by atoms with E-state index in [-0.39, 0.29) is 6.04 Å². The maximum atomic E-state index is 6.18. The van der Waals surface area contributed by atoms with Crippen LogP contribution in [0.5, 0.6) is 5.75 Å². The summed E-state index contributed by atoms with van der Waals surface area (Å²) in [7, 11) is 1.68. The Morgan fingerprint density at radius 1 is 1.50 bits per heavy atom. The largest absolute Gasteiger partial charge is 0.496 e. The quantitative estimate of drug-likeness (QED) is 0.771. The average Bonchev–Trinajstić information content (AvgIpc) is 2.28. The van der Waals surface area contributed by atoms with Crippen LogP contribution in [0.4, 0.5) is 0 Å². The van der Waals surface area contributed by atoms with Crippen LogP contribution in [0.15, 0.2) is 30.4 Å². The molecule has 16 heavy (non-hydrogen) atoms. The van der Waals surface area contributed by atoms with Gasteiger partial charge in [-0.05, 0) is 25.8 Å². The smallest absolute Gasteiger partial charge is 0.123 e. The van der Waals surface area contributed by atoms with Crippen molar-refractivity contribution in [2.45, 2.75) is 32.7 Å². The standard InChI is InChI=1S/C14H21NO/c1-5-10(2)9-13(15)12-8-11(3)6-7-14(12)16-4/h6-8,13H,2,5,9,15H2,1,3-4H3. The zero-order chi connectivity index (χ0) is 12.1. The van der Waals surface area contributed by atoms with E-state index in [1.807, 2.05) is 12.1 Å². The Kier molecular flexibility index (Phi) is 4.56. The van der Waals surface area contributed by atoms with E-state index in [2.05, 4.69) is 26.5 Å². The summed E-state index contributed by atoms with van der Waals surface area (Å²) in [4.78, 5) is 0. The molecule has 1 aromatic carbocycles. The number of nitrogens with two attached hydrogens (primary N) is 1. The van der Waals surface area contributed by atoms with Crippen molar-refractivity contribution in [3.63, 3.8) is 0 Å². The van der Waals surface area contributed by atoms with E-state index in [1.165, 1.54) is 11.1 Å². The summed E-state index contributed by atoms with van der Waals surface area (Å²) in [5.74, 6) is 0.863. The third-order valence-electron chi connectivity index (χ3n) is 2.79. The molecule has 0 radical (unpaired) electrons. The number of ether oxygens (including phenoxy) is 1. The van der Waals surface area contributed by atoms with Gasteiger partial charge in [0.15, 0.2) is 0 Å². The molecular weight excluding hydrogens is 198 g/mol. The molecule has 2 nitrogen and oxygen atoms in total. The lowest BCUT2D eigenvalue weighted by Crippen LogP contribution is -2.12. The van der Waals surface area contributed by atoms with Gasteiger partial charge in [0.2, 0.25) is 0 Å². The number of rotatable bonds is 5. The van der Waals surface area contributed by atoms with E-state index in [4.69, 9.17) is 10.5 Å². The lowest BCUT2D eigenvalue weighted by molar-refractivity contribution is 0.405. The highest BCUT2D eigenvalue weighted by atomic mass is 16.5. The zero-order valence-electron chi connectivity index (χ0n) is 10.4. The number of hydrogen-bond donors (Lipinski definition) is 1. The summed E-state index contributed by atoms with van der Waals surface area (Å²) in [6.45, 7) is 8.16. The molecule has 0 fully saturated rings. The minimum atomic E-state index is -0.0256. The van der Waals surface area contributed by atoms with E-state index in [1.54, 1.807) is 7.11 Å². The summed E-state index contributed by atoms with van der Waals surface area (Å²) in [5, 5.41) is 0. The molecule has 0 aliphatic heterocycles. The molecule has 0 aliphatic rings. The fourth-order valence-corrected chi connectivity index (χ4v) is 1.71. The lowest BCUT2D eigenvalue weighted by atomic mass is 9.97. The van der Waals surface area contributed by atoms with E-state index in [9.17, 15) is 0 Å². The first kappa shape index (κ1) is 12.8. The maximum absolute atomic E-state index is 6.18. The van der Waals surface area contributed by atoms with Crippen LogP contribution >= 0.6 is 0 Å². The molecule has 0 bridgehead atoms. The fraction of sp³-hybridized carbons (Fsp3) is 0.429. The molecule has 88 valence electrons. The summed E-state index contributed by atoms with van der Waals surface area (Å²) in [6.07, 6.45) is 1.79. The van der Waals surface area contributed by atoms with Crippen molar-refractivity contribution in [1.29, 1.82) is 0 Å². The Balaban J connectivity index is 2.92. The van der Waals surface area contributed by atoms with Gasteiger partial charge in [-0.3, -0.25) is 0 Å². The molecule has 1 atom stereocenters. The molecule has 2 heteroatoms. The Hall–Kier alpha value is -1.28. The average molecular weight is 219 g/mol. The summed E-state index contributed by atoms with van der Waals surface area (Å²) in [5.41, 5.74) is 9.62. The summed E-state index contributed by atoms with van der Waals surface area (Å²) >= 11 is 0. The van der Waals surface area contributed by atoms with Crippen LogP contribution in [-0.2, 0) is 0 Å².